The van der Waals surface area contributed by atoms with Gasteiger partial charge in [0.05, 0.1) is 11.6 Å². The fourth-order valence-corrected chi connectivity index (χ4v) is 1.76. The van der Waals surface area contributed by atoms with Gasteiger partial charge in [0.1, 0.15) is 0 Å². The Morgan fingerprint density at radius 1 is 1.22 bits per heavy atom. The lowest BCUT2D eigenvalue weighted by atomic mass is 10.1. The number of para-hydroxylation sites is 1. The minimum absolute atomic E-state index is 0.161. The van der Waals surface area contributed by atoms with Crippen molar-refractivity contribution in [2.45, 2.75) is 19.3 Å². The summed E-state index contributed by atoms with van der Waals surface area (Å²) in [5.41, 5.74) is 1.38. The average Bonchev–Trinajstić information content (AvgIpc) is 2.40. The molecule has 0 saturated carbocycles. The summed E-state index contributed by atoms with van der Waals surface area (Å²) in [6.45, 7) is 1.83. The van der Waals surface area contributed by atoms with Crippen molar-refractivity contribution in [1.82, 2.24) is 5.32 Å². The van der Waals surface area contributed by atoms with E-state index in [1.807, 2.05) is 25.1 Å². The molecule has 5 heteroatoms. The largest absolute Gasteiger partial charge is 0.387 e. The molecule has 2 N–H and O–H groups in total. The highest BCUT2D eigenvalue weighted by Crippen LogP contribution is 2.14. The minimum atomic E-state index is -0.462. The van der Waals surface area contributed by atoms with Crippen LogP contribution in [-0.4, -0.2) is 39.5 Å². The number of ether oxygens (including phenoxy) is 2. The van der Waals surface area contributed by atoms with Crippen LogP contribution in [0.2, 0.25) is 0 Å². The highest BCUT2D eigenvalue weighted by Gasteiger charge is 2.19. The van der Waals surface area contributed by atoms with Crippen molar-refractivity contribution >= 4 is 11.6 Å². The normalized spacial score (nSPS) is 12.3. The summed E-state index contributed by atoms with van der Waals surface area (Å²) in [5.74, 6) is -0.161. The van der Waals surface area contributed by atoms with Gasteiger partial charge in [0.2, 0.25) is 0 Å². The summed E-state index contributed by atoms with van der Waals surface area (Å²) < 4.78 is 10.2. The van der Waals surface area contributed by atoms with Gasteiger partial charge in [-0.1, -0.05) is 12.1 Å². The van der Waals surface area contributed by atoms with E-state index in [1.165, 1.54) is 0 Å². The van der Waals surface area contributed by atoms with Crippen molar-refractivity contribution < 1.29 is 14.3 Å². The molecular formula is C13H20N2O3. The van der Waals surface area contributed by atoms with Gasteiger partial charge < -0.3 is 20.1 Å². The van der Waals surface area contributed by atoms with E-state index in [2.05, 4.69) is 10.6 Å². The number of hydrogen-bond donors (Lipinski definition) is 2. The zero-order valence-corrected chi connectivity index (χ0v) is 11.2. The maximum absolute atomic E-state index is 12.1. The van der Waals surface area contributed by atoms with Crippen LogP contribution in [0.15, 0.2) is 24.3 Å². The first-order chi connectivity index (χ1) is 8.63. The monoisotopic (exact) mass is 252 g/mol. The molecule has 1 rings (SSSR count). The summed E-state index contributed by atoms with van der Waals surface area (Å²) >= 11 is 0. The first kappa shape index (κ1) is 14.5. The lowest BCUT2D eigenvalue weighted by molar-refractivity contribution is -0.117. The van der Waals surface area contributed by atoms with Crippen molar-refractivity contribution in [2.75, 3.05) is 26.6 Å². The van der Waals surface area contributed by atoms with Gasteiger partial charge in [-0.3, -0.25) is 4.79 Å². The van der Waals surface area contributed by atoms with Crippen LogP contribution in [0.5, 0.6) is 0 Å². The van der Waals surface area contributed by atoms with Crippen molar-refractivity contribution in [3.8, 4) is 0 Å². The van der Waals surface area contributed by atoms with Gasteiger partial charge >= 0.3 is 0 Å². The van der Waals surface area contributed by atoms with Crippen LogP contribution in [0.25, 0.3) is 0 Å². The van der Waals surface area contributed by atoms with E-state index in [0.717, 1.165) is 5.69 Å². The van der Waals surface area contributed by atoms with Crippen molar-refractivity contribution in [3.63, 3.8) is 0 Å². The van der Waals surface area contributed by atoms with E-state index >= 15 is 0 Å². The maximum Gasteiger partial charge on any atom is 0.253 e. The Kier molecular flexibility index (Phi) is 5.61. The number of amides is 1. The van der Waals surface area contributed by atoms with Crippen LogP contribution in [0.4, 0.5) is 5.69 Å². The van der Waals surface area contributed by atoms with Crippen LogP contribution in [-0.2, 0) is 9.47 Å². The Morgan fingerprint density at radius 3 is 2.39 bits per heavy atom. The van der Waals surface area contributed by atoms with E-state index in [1.54, 1.807) is 27.3 Å². The maximum atomic E-state index is 12.1. The van der Waals surface area contributed by atoms with Gasteiger partial charge in [0, 0.05) is 27.0 Å². The molecule has 0 aliphatic heterocycles. The molecule has 0 radical (unpaired) electrons. The number of nitrogens with one attached hydrogen (secondary N) is 2. The zero-order chi connectivity index (χ0) is 13.5. The molecule has 1 aromatic carbocycles. The quantitative estimate of drug-likeness (QED) is 0.753. The van der Waals surface area contributed by atoms with Crippen LogP contribution in [0.3, 0.4) is 0 Å². The highest BCUT2D eigenvalue weighted by atomic mass is 16.7. The fraction of sp³-hybridized carbons (Fsp3) is 0.462. The van der Waals surface area contributed by atoms with Gasteiger partial charge in [-0.2, -0.15) is 0 Å². The second-order valence-corrected chi connectivity index (χ2v) is 3.90. The summed E-state index contributed by atoms with van der Waals surface area (Å²) in [6.07, 6.45) is -0.462. The van der Waals surface area contributed by atoms with Crippen LogP contribution < -0.4 is 10.6 Å². The molecule has 1 aromatic rings. The molecule has 0 bridgehead atoms. The lowest BCUT2D eigenvalue weighted by Crippen LogP contribution is -2.43. The molecule has 5 nitrogen and oxygen atoms in total. The van der Waals surface area contributed by atoms with Gasteiger partial charge in [0.25, 0.3) is 5.91 Å². The van der Waals surface area contributed by atoms with Gasteiger partial charge in [-0.25, -0.2) is 0 Å². The smallest absolute Gasteiger partial charge is 0.253 e. The summed E-state index contributed by atoms with van der Waals surface area (Å²) in [6, 6.07) is 7.08. The average molecular weight is 252 g/mol. The third-order valence-corrected chi connectivity index (χ3v) is 2.67. The Bertz CT molecular complexity index is 392. The number of carbonyl (C=O) groups is 1. The second kappa shape index (κ2) is 6.98. The van der Waals surface area contributed by atoms with Crippen LogP contribution >= 0.6 is 0 Å². The van der Waals surface area contributed by atoms with Crippen molar-refractivity contribution in [3.05, 3.63) is 29.8 Å². The van der Waals surface area contributed by atoms with Crippen LogP contribution in [0.1, 0.15) is 17.3 Å². The SMILES string of the molecule is CNc1ccccc1C(=O)NC(C)C(OC)OC. The molecule has 1 unspecified atom stereocenters. The lowest BCUT2D eigenvalue weighted by Gasteiger charge is -2.22. The Hall–Kier alpha value is -1.59. The minimum Gasteiger partial charge on any atom is -0.387 e. The predicted octanol–water partition coefficient (Wildman–Crippen LogP) is 1.47. The highest BCUT2D eigenvalue weighted by molar-refractivity contribution is 5.99. The molecule has 0 saturated heterocycles. The van der Waals surface area contributed by atoms with Gasteiger partial charge in [0.15, 0.2) is 6.29 Å². The van der Waals surface area contributed by atoms with Crippen LogP contribution in [0, 0.1) is 0 Å². The molecule has 0 fully saturated rings. The number of hydrogen-bond acceptors (Lipinski definition) is 4. The van der Waals surface area contributed by atoms with E-state index in [-0.39, 0.29) is 11.9 Å². The molecule has 0 aliphatic rings. The summed E-state index contributed by atoms with van der Waals surface area (Å²) in [5, 5.41) is 5.83. The molecular weight excluding hydrogens is 232 g/mol. The summed E-state index contributed by atoms with van der Waals surface area (Å²) in [7, 11) is 4.86. The molecule has 18 heavy (non-hydrogen) atoms. The first-order valence-corrected chi connectivity index (χ1v) is 5.77. The number of methoxy groups -OCH3 is 2. The Morgan fingerprint density at radius 2 is 1.83 bits per heavy atom. The number of anilines is 1. The third kappa shape index (κ3) is 3.45. The summed E-state index contributed by atoms with van der Waals surface area (Å²) in [4.78, 5) is 12.1. The molecule has 1 atom stereocenters. The molecule has 100 valence electrons. The second-order valence-electron chi connectivity index (χ2n) is 3.90. The fourth-order valence-electron chi connectivity index (χ4n) is 1.76. The molecule has 0 aliphatic carbocycles. The van der Waals surface area contributed by atoms with E-state index in [0.29, 0.717) is 5.56 Å². The molecule has 1 amide bonds. The molecule has 0 aromatic heterocycles. The van der Waals surface area contributed by atoms with Crippen molar-refractivity contribution in [2.24, 2.45) is 0 Å². The molecule has 0 spiro atoms. The number of carbonyl (C=O) groups excluding carboxylic acids is 1. The predicted molar refractivity (Wildman–Crippen MR) is 70.7 cm³/mol. The zero-order valence-electron chi connectivity index (χ0n) is 11.2. The third-order valence-electron chi connectivity index (χ3n) is 2.67. The first-order valence-electron chi connectivity index (χ1n) is 5.77. The Balaban J connectivity index is 2.76. The number of rotatable bonds is 6. The standard InChI is InChI=1S/C13H20N2O3/c1-9(13(17-3)18-4)15-12(16)10-7-5-6-8-11(10)14-2/h5-9,13-14H,1-4H3,(H,15,16). The van der Waals surface area contributed by atoms with E-state index in [4.69, 9.17) is 9.47 Å². The van der Waals surface area contributed by atoms with Gasteiger partial charge in [-0.05, 0) is 19.1 Å². The topological polar surface area (TPSA) is 59.6 Å². The van der Waals surface area contributed by atoms with Crippen molar-refractivity contribution in [1.29, 1.82) is 0 Å². The number of benzene rings is 1. The van der Waals surface area contributed by atoms with E-state index in [9.17, 15) is 4.79 Å². The Labute approximate surface area is 107 Å². The molecule has 0 heterocycles. The van der Waals surface area contributed by atoms with Gasteiger partial charge in [-0.15, -0.1) is 0 Å². The van der Waals surface area contributed by atoms with E-state index < -0.39 is 6.29 Å².